The number of hydrogen-bond acceptors (Lipinski definition) is 8. The van der Waals surface area contributed by atoms with Crippen LogP contribution >= 0.6 is 0 Å². The largest absolute Gasteiger partial charge is 0.463 e. The van der Waals surface area contributed by atoms with Crippen molar-refractivity contribution in [3.8, 4) is 12.0 Å². The molecule has 1 unspecified atom stereocenters. The van der Waals surface area contributed by atoms with Gasteiger partial charge in [0.15, 0.2) is 6.04 Å². The van der Waals surface area contributed by atoms with E-state index >= 15 is 0 Å². The molecule has 1 aromatic rings. The highest BCUT2D eigenvalue weighted by atomic mass is 16.6. The molecule has 0 bridgehead atoms. The van der Waals surface area contributed by atoms with E-state index in [0.717, 1.165) is 0 Å². The molecule has 0 saturated carbocycles. The molecule has 8 heteroatoms. The van der Waals surface area contributed by atoms with Gasteiger partial charge in [-0.3, -0.25) is 4.79 Å². The van der Waals surface area contributed by atoms with Crippen LogP contribution in [0.2, 0.25) is 0 Å². The van der Waals surface area contributed by atoms with E-state index < -0.39 is 18.0 Å². The van der Waals surface area contributed by atoms with Crippen LogP contribution in [0.15, 0.2) is 35.3 Å². The minimum Gasteiger partial charge on any atom is -0.463 e. The molecule has 148 valence electrons. The van der Waals surface area contributed by atoms with Crippen LogP contribution in [0.3, 0.4) is 0 Å². The highest BCUT2D eigenvalue weighted by Crippen LogP contribution is 2.10. The van der Waals surface area contributed by atoms with Crippen molar-refractivity contribution in [3.63, 3.8) is 0 Å². The zero-order valence-corrected chi connectivity index (χ0v) is 13.6. The Morgan fingerprint density at radius 1 is 1.11 bits per heavy atom. The van der Waals surface area contributed by atoms with Gasteiger partial charge in [0.1, 0.15) is 19.0 Å². The normalized spacial score (nSPS) is 9.89. The summed E-state index contributed by atoms with van der Waals surface area (Å²) in [7, 11) is 0. The molecule has 27 heavy (non-hydrogen) atoms. The van der Waals surface area contributed by atoms with Crippen molar-refractivity contribution in [2.75, 3.05) is 13.2 Å². The summed E-state index contributed by atoms with van der Waals surface area (Å²) in [4.78, 5) is 37.3. The Morgan fingerprint density at radius 3 is 2.44 bits per heavy atom. The molecular formula is C19H26N2O6. The number of para-hydroxylation sites is 1. The molecule has 8 nitrogen and oxygen atoms in total. The molecule has 0 heterocycles. The maximum atomic E-state index is 11.9. The molecule has 1 rings (SSSR count). The number of isocyanates is 1. The molecule has 0 aliphatic carbocycles. The minimum atomic E-state index is -0.982. The number of unbranched alkanes of at least 4 members (excludes halogenated alkanes) is 1. The number of benzene rings is 1. The lowest BCUT2D eigenvalue weighted by Crippen LogP contribution is -2.23. The van der Waals surface area contributed by atoms with E-state index in [-0.39, 0.29) is 40.9 Å². The topological polar surface area (TPSA) is 115 Å². The molecule has 0 aromatic heterocycles. The van der Waals surface area contributed by atoms with E-state index in [4.69, 9.17) is 14.7 Å². The summed E-state index contributed by atoms with van der Waals surface area (Å²) in [6, 6.07) is 7.53. The number of nitriles is 1. The van der Waals surface area contributed by atoms with Crippen LogP contribution in [0.1, 0.15) is 40.5 Å². The number of hydrogen-bond donors (Lipinski definition) is 0. The maximum absolute atomic E-state index is 11.9. The van der Waals surface area contributed by atoms with Crippen molar-refractivity contribution in [2.24, 2.45) is 4.99 Å². The monoisotopic (exact) mass is 378 g/mol. The fraction of sp³-hybridized carbons (Fsp3) is 0.474. The lowest BCUT2D eigenvalue weighted by molar-refractivity contribution is -0.147. The number of nitrogens with zero attached hydrogens (tertiary/aromatic N) is 2. The summed E-state index contributed by atoms with van der Waals surface area (Å²) in [5.74, 6) is -0.845. The van der Waals surface area contributed by atoms with Crippen molar-refractivity contribution in [1.29, 1.82) is 5.26 Å². The van der Waals surface area contributed by atoms with Crippen LogP contribution in [0, 0.1) is 11.5 Å². The van der Waals surface area contributed by atoms with Gasteiger partial charge in [0.25, 0.3) is 6.26 Å². The molecule has 0 fully saturated rings. The van der Waals surface area contributed by atoms with E-state index in [1.54, 1.807) is 30.3 Å². The van der Waals surface area contributed by atoms with Gasteiger partial charge in [0.05, 0.1) is 6.42 Å². The Balaban J connectivity index is 0. The van der Waals surface area contributed by atoms with E-state index in [1.807, 2.05) is 0 Å². The van der Waals surface area contributed by atoms with E-state index in [2.05, 4.69) is 9.73 Å². The Hall–Kier alpha value is -3.17. The third-order valence-corrected chi connectivity index (χ3v) is 3.04. The van der Waals surface area contributed by atoms with Gasteiger partial charge in [-0.25, -0.2) is 9.59 Å². The SMILES string of the molecule is C.C.N#COCCCCC(N=C=O)C(=O)OCCC(=O)Oc1ccccc1. The summed E-state index contributed by atoms with van der Waals surface area (Å²) >= 11 is 0. The Kier molecular flexibility index (Phi) is 15.7. The zero-order valence-electron chi connectivity index (χ0n) is 13.6. The second-order valence-corrected chi connectivity index (χ2v) is 4.88. The summed E-state index contributed by atoms with van der Waals surface area (Å²) in [5, 5.41) is 8.23. The predicted molar refractivity (Wildman–Crippen MR) is 98.4 cm³/mol. The molecule has 0 aliphatic rings. The molecule has 0 amide bonds. The fourth-order valence-corrected chi connectivity index (χ4v) is 1.86. The number of carbonyl (C=O) groups excluding carboxylic acids is 3. The number of rotatable bonds is 11. The van der Waals surface area contributed by atoms with E-state index in [1.165, 1.54) is 12.3 Å². The van der Waals surface area contributed by atoms with Crippen molar-refractivity contribution < 1.29 is 28.6 Å². The quantitative estimate of drug-likeness (QED) is 0.145. The van der Waals surface area contributed by atoms with Gasteiger partial charge in [-0.2, -0.15) is 10.3 Å². The average Bonchev–Trinajstić information content (AvgIpc) is 2.61. The lowest BCUT2D eigenvalue weighted by Gasteiger charge is -2.10. The van der Waals surface area contributed by atoms with Gasteiger partial charge in [0.2, 0.25) is 6.08 Å². The second-order valence-electron chi connectivity index (χ2n) is 4.88. The van der Waals surface area contributed by atoms with Crippen LogP contribution in [0.25, 0.3) is 0 Å². The summed E-state index contributed by atoms with van der Waals surface area (Å²) in [5.41, 5.74) is 0. The van der Waals surface area contributed by atoms with Gasteiger partial charge < -0.3 is 14.2 Å². The van der Waals surface area contributed by atoms with Gasteiger partial charge in [0, 0.05) is 0 Å². The number of carbonyl (C=O) groups is 2. The molecule has 1 aromatic carbocycles. The molecular weight excluding hydrogens is 352 g/mol. The van der Waals surface area contributed by atoms with Crippen molar-refractivity contribution in [2.45, 2.75) is 46.6 Å². The van der Waals surface area contributed by atoms with Crippen molar-refractivity contribution in [1.82, 2.24) is 0 Å². The number of esters is 2. The van der Waals surface area contributed by atoms with Crippen molar-refractivity contribution >= 4 is 18.0 Å². The molecule has 0 saturated heterocycles. The smallest absolute Gasteiger partial charge is 0.331 e. The predicted octanol–water partition coefficient (Wildman–Crippen LogP) is 3.17. The fourth-order valence-electron chi connectivity index (χ4n) is 1.86. The average molecular weight is 378 g/mol. The van der Waals surface area contributed by atoms with Crippen LogP contribution in [0.4, 0.5) is 0 Å². The molecule has 0 aliphatic heterocycles. The van der Waals surface area contributed by atoms with E-state index in [9.17, 15) is 14.4 Å². The van der Waals surface area contributed by atoms with Crippen LogP contribution in [-0.4, -0.2) is 37.3 Å². The van der Waals surface area contributed by atoms with Crippen LogP contribution < -0.4 is 4.74 Å². The first-order valence-electron chi connectivity index (χ1n) is 7.67. The first kappa shape index (κ1) is 26.1. The summed E-state index contributed by atoms with van der Waals surface area (Å²) in [6.07, 6.45) is 4.07. The first-order valence-corrected chi connectivity index (χ1v) is 7.67. The third kappa shape index (κ3) is 11.9. The number of ether oxygens (including phenoxy) is 3. The lowest BCUT2D eigenvalue weighted by atomic mass is 10.1. The molecule has 1 atom stereocenters. The van der Waals surface area contributed by atoms with Gasteiger partial charge in [-0.05, 0) is 31.4 Å². The van der Waals surface area contributed by atoms with Crippen LogP contribution in [-0.2, 0) is 23.9 Å². The third-order valence-electron chi connectivity index (χ3n) is 3.04. The molecule has 0 N–H and O–H groups in total. The second kappa shape index (κ2) is 16.3. The van der Waals surface area contributed by atoms with Crippen molar-refractivity contribution in [3.05, 3.63) is 30.3 Å². The highest BCUT2D eigenvalue weighted by molar-refractivity contribution is 5.77. The number of aliphatic imine (C=N–C) groups is 1. The highest BCUT2D eigenvalue weighted by Gasteiger charge is 2.19. The van der Waals surface area contributed by atoms with Gasteiger partial charge in [-0.15, -0.1) is 0 Å². The Labute approximate surface area is 159 Å². The maximum Gasteiger partial charge on any atom is 0.331 e. The zero-order chi connectivity index (χ0) is 18.3. The minimum absolute atomic E-state index is 0. The molecule has 0 spiro atoms. The summed E-state index contributed by atoms with van der Waals surface area (Å²) < 4.78 is 14.5. The van der Waals surface area contributed by atoms with Gasteiger partial charge >= 0.3 is 11.9 Å². The summed E-state index contributed by atoms with van der Waals surface area (Å²) in [6.45, 7) is 0.0569. The van der Waals surface area contributed by atoms with Gasteiger partial charge in [-0.1, -0.05) is 33.1 Å². The Morgan fingerprint density at radius 2 is 1.81 bits per heavy atom. The molecule has 0 radical (unpaired) electrons. The first-order chi connectivity index (χ1) is 12.2. The Bertz CT molecular complexity index is 635. The standard InChI is InChI=1S/C17H18N2O6.2CH4/c18-12-23-10-5-4-8-15(19-13-20)17(22)24-11-9-16(21)25-14-6-2-1-3-7-14;;/h1-3,6-7,15H,4-5,8-11H2;2*1H4. The van der Waals surface area contributed by atoms with E-state index in [0.29, 0.717) is 18.6 Å². The van der Waals surface area contributed by atoms with Crippen LogP contribution in [0.5, 0.6) is 5.75 Å².